The number of carbonyl (C=O) groups excluding carboxylic acids is 1. The first-order valence-corrected chi connectivity index (χ1v) is 6.68. The minimum Gasteiger partial charge on any atom is -0.316 e. The summed E-state index contributed by atoms with van der Waals surface area (Å²) in [6, 6.07) is 3.98. The molecule has 0 aromatic carbocycles. The third kappa shape index (κ3) is 2.37. The van der Waals surface area contributed by atoms with E-state index in [-0.39, 0.29) is 12.3 Å². The Bertz CT molecular complexity index is 562. The molecule has 0 saturated heterocycles. The Balaban J connectivity index is 2.30. The molecule has 1 aromatic heterocycles. The van der Waals surface area contributed by atoms with Crippen molar-refractivity contribution in [1.82, 2.24) is 0 Å². The Morgan fingerprint density at radius 2 is 2.33 bits per heavy atom. The van der Waals surface area contributed by atoms with Gasteiger partial charge >= 0.3 is 0 Å². The van der Waals surface area contributed by atoms with Gasteiger partial charge in [-0.15, -0.1) is 11.3 Å². The molecule has 1 aromatic rings. The summed E-state index contributed by atoms with van der Waals surface area (Å²) in [5, 5.41) is 21.0. The highest BCUT2D eigenvalue weighted by atomic mass is 32.1. The van der Waals surface area contributed by atoms with Crippen molar-refractivity contribution in [1.29, 1.82) is 10.5 Å². The highest BCUT2D eigenvalue weighted by molar-refractivity contribution is 7.16. The Kier molecular flexibility index (Phi) is 3.64. The van der Waals surface area contributed by atoms with Crippen LogP contribution >= 0.6 is 11.3 Å². The monoisotopic (exact) mass is 259 g/mol. The summed E-state index contributed by atoms with van der Waals surface area (Å²) < 4.78 is 0. The van der Waals surface area contributed by atoms with E-state index in [1.54, 1.807) is 6.07 Å². The number of nitrogens with one attached hydrogen (secondary N) is 1. The van der Waals surface area contributed by atoms with Gasteiger partial charge in [-0.05, 0) is 30.7 Å². The molecule has 0 spiro atoms. The van der Waals surface area contributed by atoms with Gasteiger partial charge in [-0.25, -0.2) is 0 Å². The van der Waals surface area contributed by atoms with Gasteiger partial charge in [-0.1, -0.05) is 6.92 Å². The van der Waals surface area contributed by atoms with Crippen LogP contribution in [-0.2, 0) is 17.6 Å². The van der Waals surface area contributed by atoms with Gasteiger partial charge in [0.15, 0.2) is 0 Å². The lowest BCUT2D eigenvalue weighted by atomic mass is 9.89. The van der Waals surface area contributed by atoms with Crippen molar-refractivity contribution in [2.45, 2.75) is 32.6 Å². The summed E-state index contributed by atoms with van der Waals surface area (Å²) >= 11 is 1.48. The summed E-state index contributed by atoms with van der Waals surface area (Å²) in [4.78, 5) is 12.6. The summed E-state index contributed by atoms with van der Waals surface area (Å²) in [6.07, 6.45) is 2.79. The van der Waals surface area contributed by atoms with E-state index in [0.717, 1.165) is 24.8 Å². The van der Waals surface area contributed by atoms with Gasteiger partial charge in [0.25, 0.3) is 0 Å². The third-order valence-electron chi connectivity index (χ3n) is 3.12. The predicted molar refractivity (Wildman–Crippen MR) is 69.1 cm³/mol. The number of nitriles is 2. The van der Waals surface area contributed by atoms with Crippen molar-refractivity contribution in [3.05, 3.63) is 16.0 Å². The van der Waals surface area contributed by atoms with Gasteiger partial charge < -0.3 is 5.32 Å². The first-order valence-electron chi connectivity index (χ1n) is 5.87. The number of amides is 1. The normalized spacial score (nSPS) is 17.4. The first kappa shape index (κ1) is 12.6. The minimum atomic E-state index is -0.347. The van der Waals surface area contributed by atoms with E-state index in [0.29, 0.717) is 16.5 Å². The molecular formula is C13H13N3OS. The lowest BCUT2D eigenvalue weighted by Gasteiger charge is -2.17. The SMILES string of the molecule is C[C@H]1CCc2c(sc(NC(=O)CC#N)c2C#N)C1. The molecule has 0 fully saturated rings. The molecule has 18 heavy (non-hydrogen) atoms. The number of hydrogen-bond donors (Lipinski definition) is 1. The molecule has 1 aliphatic rings. The summed E-state index contributed by atoms with van der Waals surface area (Å²) in [7, 11) is 0. The largest absolute Gasteiger partial charge is 0.316 e. The Morgan fingerprint density at radius 3 is 3.00 bits per heavy atom. The number of anilines is 1. The number of nitrogens with zero attached hydrogens (tertiary/aromatic N) is 2. The van der Waals surface area contributed by atoms with Gasteiger partial charge in [-0.3, -0.25) is 4.79 Å². The van der Waals surface area contributed by atoms with Crippen molar-refractivity contribution < 1.29 is 4.79 Å². The van der Waals surface area contributed by atoms with Crippen molar-refractivity contribution in [2.24, 2.45) is 5.92 Å². The minimum absolute atomic E-state index is 0.177. The van der Waals surface area contributed by atoms with E-state index in [9.17, 15) is 10.1 Å². The van der Waals surface area contributed by atoms with E-state index in [2.05, 4.69) is 18.3 Å². The molecule has 0 bridgehead atoms. The van der Waals surface area contributed by atoms with E-state index >= 15 is 0 Å². The average Bonchev–Trinajstić information content (AvgIpc) is 2.65. The first-order chi connectivity index (χ1) is 8.65. The topological polar surface area (TPSA) is 76.7 Å². The highest BCUT2D eigenvalue weighted by Gasteiger charge is 2.24. The van der Waals surface area contributed by atoms with Crippen LogP contribution < -0.4 is 5.32 Å². The van der Waals surface area contributed by atoms with Crippen LogP contribution in [0.15, 0.2) is 0 Å². The molecule has 1 amide bonds. The molecule has 1 N–H and O–H groups in total. The predicted octanol–water partition coefficient (Wildman–Crippen LogP) is 2.60. The van der Waals surface area contributed by atoms with Crippen LogP contribution in [0.4, 0.5) is 5.00 Å². The third-order valence-corrected chi connectivity index (χ3v) is 4.29. The zero-order valence-corrected chi connectivity index (χ0v) is 10.9. The summed E-state index contributed by atoms with van der Waals surface area (Å²) in [5.74, 6) is 0.283. The standard InChI is InChI=1S/C13H13N3OS/c1-8-2-3-9-10(7-15)13(18-11(9)6-8)16-12(17)4-5-14/h8H,2-4,6H2,1H3,(H,16,17)/t8-/m0/s1. The number of carbonyl (C=O) groups is 1. The fourth-order valence-electron chi connectivity index (χ4n) is 2.20. The van der Waals surface area contributed by atoms with Crippen LogP contribution in [0, 0.1) is 28.6 Å². The Labute approximate surface area is 110 Å². The maximum absolute atomic E-state index is 11.4. The number of hydrogen-bond acceptors (Lipinski definition) is 4. The van der Waals surface area contributed by atoms with Crippen LogP contribution in [0.3, 0.4) is 0 Å². The van der Waals surface area contributed by atoms with Crippen molar-refractivity contribution in [2.75, 3.05) is 5.32 Å². The van der Waals surface area contributed by atoms with Crippen LogP contribution in [0.2, 0.25) is 0 Å². The molecule has 0 aliphatic heterocycles. The summed E-state index contributed by atoms with van der Waals surface area (Å²) in [6.45, 7) is 2.20. The molecule has 1 heterocycles. The van der Waals surface area contributed by atoms with Gasteiger partial charge in [0.05, 0.1) is 11.6 Å². The fourth-order valence-corrected chi connectivity index (χ4v) is 3.58. The van der Waals surface area contributed by atoms with Crippen molar-refractivity contribution in [3.63, 3.8) is 0 Å². The molecule has 2 rings (SSSR count). The molecule has 1 atom stereocenters. The fraction of sp³-hybridized carbons (Fsp3) is 0.462. The lowest BCUT2D eigenvalue weighted by Crippen LogP contribution is -2.10. The lowest BCUT2D eigenvalue weighted by molar-refractivity contribution is -0.115. The van der Waals surface area contributed by atoms with Crippen LogP contribution in [0.25, 0.3) is 0 Å². The van der Waals surface area contributed by atoms with Crippen LogP contribution in [-0.4, -0.2) is 5.91 Å². The van der Waals surface area contributed by atoms with Crippen molar-refractivity contribution >= 4 is 22.2 Å². The maximum Gasteiger partial charge on any atom is 0.239 e. The van der Waals surface area contributed by atoms with Crippen LogP contribution in [0.5, 0.6) is 0 Å². The quantitative estimate of drug-likeness (QED) is 0.886. The van der Waals surface area contributed by atoms with Gasteiger partial charge in [0.2, 0.25) is 5.91 Å². The molecule has 1 aliphatic carbocycles. The molecule has 92 valence electrons. The van der Waals surface area contributed by atoms with Gasteiger partial charge in [-0.2, -0.15) is 10.5 Å². The van der Waals surface area contributed by atoms with E-state index in [4.69, 9.17) is 5.26 Å². The molecule has 5 heteroatoms. The van der Waals surface area contributed by atoms with E-state index in [1.807, 2.05) is 0 Å². The number of thiophene rings is 1. The number of fused-ring (bicyclic) bond motifs is 1. The van der Waals surface area contributed by atoms with Crippen LogP contribution in [0.1, 0.15) is 35.8 Å². The molecule has 0 radical (unpaired) electrons. The van der Waals surface area contributed by atoms with E-state index < -0.39 is 0 Å². The second kappa shape index (κ2) is 5.20. The molecule has 0 unspecified atom stereocenters. The summed E-state index contributed by atoms with van der Waals surface area (Å²) in [5.41, 5.74) is 1.68. The second-order valence-electron chi connectivity index (χ2n) is 4.55. The Morgan fingerprint density at radius 1 is 1.56 bits per heavy atom. The average molecular weight is 259 g/mol. The van der Waals surface area contributed by atoms with Gasteiger partial charge in [0, 0.05) is 4.88 Å². The zero-order chi connectivity index (χ0) is 13.1. The second-order valence-corrected chi connectivity index (χ2v) is 5.66. The zero-order valence-electron chi connectivity index (χ0n) is 10.1. The molecule has 0 saturated carbocycles. The van der Waals surface area contributed by atoms with Gasteiger partial charge in [0.1, 0.15) is 17.5 Å². The molecule has 4 nitrogen and oxygen atoms in total. The Hall–Kier alpha value is -1.85. The molecular weight excluding hydrogens is 246 g/mol. The number of rotatable bonds is 2. The highest BCUT2D eigenvalue weighted by Crippen LogP contribution is 2.39. The van der Waals surface area contributed by atoms with E-state index in [1.165, 1.54) is 16.2 Å². The van der Waals surface area contributed by atoms with Crippen molar-refractivity contribution in [3.8, 4) is 12.1 Å². The smallest absolute Gasteiger partial charge is 0.239 e. The maximum atomic E-state index is 11.4.